The molecule has 2 aromatic rings. The van der Waals surface area contributed by atoms with Crippen molar-refractivity contribution in [2.45, 2.75) is 43.7 Å². The van der Waals surface area contributed by atoms with Gasteiger partial charge in [0.15, 0.2) is 0 Å². The summed E-state index contributed by atoms with van der Waals surface area (Å²) in [5, 5.41) is 10.2. The normalized spacial score (nSPS) is 21.3. The molecule has 4 rings (SSSR count). The van der Waals surface area contributed by atoms with Crippen molar-refractivity contribution in [2.24, 2.45) is 0 Å². The van der Waals surface area contributed by atoms with Gasteiger partial charge in [0.1, 0.15) is 11.7 Å². The van der Waals surface area contributed by atoms with E-state index >= 15 is 0 Å². The summed E-state index contributed by atoms with van der Waals surface area (Å²) >= 11 is 5.91. The van der Waals surface area contributed by atoms with Gasteiger partial charge in [-0.2, -0.15) is 0 Å². The molecule has 1 amide bonds. The molecule has 1 saturated heterocycles. The van der Waals surface area contributed by atoms with Crippen LogP contribution in [0.1, 0.15) is 42.6 Å². The minimum absolute atomic E-state index is 0.218. The number of carboxylic acid groups (broad SMARTS) is 1. The molecule has 2 heterocycles. The number of H-pyrrole nitrogens is 1. The van der Waals surface area contributed by atoms with Crippen LogP contribution in [-0.4, -0.2) is 38.4 Å². The topological polar surface area (TPSA) is 73.4 Å². The summed E-state index contributed by atoms with van der Waals surface area (Å²) in [6.07, 6.45) is 4.16. The van der Waals surface area contributed by atoms with Gasteiger partial charge in [-0.05, 0) is 61.9 Å². The summed E-state index contributed by atoms with van der Waals surface area (Å²) in [6, 6.07) is 10.2. The van der Waals surface area contributed by atoms with E-state index in [0.29, 0.717) is 17.1 Å². The number of hydrogen-bond acceptors (Lipinski definition) is 2. The lowest BCUT2D eigenvalue weighted by molar-refractivity contribution is -0.143. The Balaban J connectivity index is 1.64. The molecule has 1 atom stereocenters. The van der Waals surface area contributed by atoms with E-state index in [1.807, 2.05) is 18.2 Å². The largest absolute Gasteiger partial charge is 0.480 e. The summed E-state index contributed by atoms with van der Waals surface area (Å²) in [6.45, 7) is 0. The number of amides is 1. The van der Waals surface area contributed by atoms with E-state index in [1.54, 1.807) is 23.1 Å². The number of hydrogen-bond donors (Lipinski definition) is 2. The Hall–Kier alpha value is -2.27. The zero-order valence-corrected chi connectivity index (χ0v) is 14.4. The van der Waals surface area contributed by atoms with Gasteiger partial charge in [-0.15, -0.1) is 0 Å². The third-order valence-corrected chi connectivity index (χ3v) is 5.82. The maximum atomic E-state index is 13.1. The van der Waals surface area contributed by atoms with Gasteiger partial charge in [-0.1, -0.05) is 23.7 Å². The lowest BCUT2D eigenvalue weighted by atomic mass is 9.75. The Labute approximate surface area is 150 Å². The zero-order chi connectivity index (χ0) is 17.6. The van der Waals surface area contributed by atoms with Crippen molar-refractivity contribution in [2.75, 3.05) is 0 Å². The average molecular weight is 359 g/mol. The maximum Gasteiger partial charge on any atom is 0.326 e. The van der Waals surface area contributed by atoms with Gasteiger partial charge in [0.05, 0.1) is 0 Å². The van der Waals surface area contributed by atoms with Crippen LogP contribution in [0.25, 0.3) is 11.3 Å². The van der Waals surface area contributed by atoms with Crippen LogP contribution in [0.4, 0.5) is 0 Å². The first kappa shape index (κ1) is 16.2. The lowest BCUT2D eigenvalue weighted by Crippen LogP contribution is -2.56. The standard InChI is InChI=1S/C19H19ClN2O3/c20-13-4-2-12(3-5-13)14-6-7-15(21-14)17(23)22-16(18(24)25)8-11-19(22)9-1-10-19/h2-7,16,21H,1,8-11H2,(H,24,25). The van der Waals surface area contributed by atoms with Crippen LogP contribution in [0.15, 0.2) is 36.4 Å². The summed E-state index contributed by atoms with van der Waals surface area (Å²) in [5.41, 5.74) is 1.92. The molecule has 0 bridgehead atoms. The minimum Gasteiger partial charge on any atom is -0.480 e. The minimum atomic E-state index is -0.915. The third-order valence-electron chi connectivity index (χ3n) is 5.57. The first-order chi connectivity index (χ1) is 12.0. The highest BCUT2D eigenvalue weighted by molar-refractivity contribution is 6.30. The monoisotopic (exact) mass is 358 g/mol. The molecule has 6 heteroatoms. The van der Waals surface area contributed by atoms with Gasteiger partial charge in [0.2, 0.25) is 0 Å². The number of carbonyl (C=O) groups is 2. The van der Waals surface area contributed by atoms with Crippen LogP contribution in [-0.2, 0) is 4.79 Å². The number of nitrogens with zero attached hydrogens (tertiary/aromatic N) is 1. The predicted octanol–water partition coefficient (Wildman–Crippen LogP) is 3.95. The van der Waals surface area contributed by atoms with Gasteiger partial charge < -0.3 is 15.0 Å². The second-order valence-electron chi connectivity index (χ2n) is 6.94. The molecule has 1 aromatic carbocycles. The molecule has 2 fully saturated rings. The van der Waals surface area contributed by atoms with Crippen LogP contribution < -0.4 is 0 Å². The fourth-order valence-electron chi connectivity index (χ4n) is 4.10. The van der Waals surface area contributed by atoms with Crippen LogP contribution >= 0.6 is 11.6 Å². The molecule has 1 unspecified atom stereocenters. The van der Waals surface area contributed by atoms with Crippen molar-refractivity contribution >= 4 is 23.5 Å². The fraction of sp³-hybridized carbons (Fsp3) is 0.368. The molecule has 1 aromatic heterocycles. The van der Waals surface area contributed by atoms with Crippen LogP contribution in [0.5, 0.6) is 0 Å². The lowest BCUT2D eigenvalue weighted by Gasteiger charge is -2.46. The summed E-state index contributed by atoms with van der Waals surface area (Å²) in [7, 11) is 0. The molecular weight excluding hydrogens is 340 g/mol. The molecule has 0 radical (unpaired) electrons. The number of carboxylic acids is 1. The molecule has 5 nitrogen and oxygen atoms in total. The van der Waals surface area contributed by atoms with E-state index in [4.69, 9.17) is 11.6 Å². The first-order valence-corrected chi connectivity index (χ1v) is 8.89. The summed E-state index contributed by atoms with van der Waals surface area (Å²) in [5.74, 6) is -1.13. The fourth-order valence-corrected chi connectivity index (χ4v) is 4.23. The van der Waals surface area contributed by atoms with Crippen molar-refractivity contribution in [3.05, 3.63) is 47.1 Å². The Bertz CT molecular complexity index is 823. The first-order valence-electron chi connectivity index (χ1n) is 8.52. The van der Waals surface area contributed by atoms with E-state index in [-0.39, 0.29) is 11.4 Å². The molecular formula is C19H19ClN2O3. The highest BCUT2D eigenvalue weighted by Gasteiger charge is 2.54. The molecule has 1 spiro atoms. The van der Waals surface area contributed by atoms with Crippen molar-refractivity contribution in [1.82, 2.24) is 9.88 Å². The predicted molar refractivity (Wildman–Crippen MR) is 94.6 cm³/mol. The van der Waals surface area contributed by atoms with Gasteiger partial charge in [0.25, 0.3) is 5.91 Å². The Morgan fingerprint density at radius 1 is 1.12 bits per heavy atom. The number of rotatable bonds is 3. The number of carbonyl (C=O) groups excluding carboxylic acids is 1. The second-order valence-corrected chi connectivity index (χ2v) is 7.37. The quantitative estimate of drug-likeness (QED) is 0.872. The van der Waals surface area contributed by atoms with Crippen molar-refractivity contribution < 1.29 is 14.7 Å². The van der Waals surface area contributed by atoms with Gasteiger partial charge in [-0.25, -0.2) is 4.79 Å². The zero-order valence-electron chi connectivity index (χ0n) is 13.7. The average Bonchev–Trinajstić information content (AvgIpc) is 3.19. The van der Waals surface area contributed by atoms with Crippen molar-refractivity contribution in [1.29, 1.82) is 0 Å². The van der Waals surface area contributed by atoms with Crippen LogP contribution in [0.3, 0.4) is 0 Å². The smallest absolute Gasteiger partial charge is 0.326 e. The van der Waals surface area contributed by atoms with Crippen LogP contribution in [0, 0.1) is 0 Å². The van der Waals surface area contributed by atoms with E-state index in [9.17, 15) is 14.7 Å². The summed E-state index contributed by atoms with van der Waals surface area (Å²) in [4.78, 5) is 29.5. The molecule has 1 aliphatic carbocycles. The molecule has 130 valence electrons. The van der Waals surface area contributed by atoms with Crippen molar-refractivity contribution in [3.63, 3.8) is 0 Å². The Morgan fingerprint density at radius 3 is 2.44 bits per heavy atom. The van der Waals surface area contributed by atoms with Gasteiger partial charge in [0, 0.05) is 16.3 Å². The van der Waals surface area contributed by atoms with E-state index < -0.39 is 12.0 Å². The molecule has 25 heavy (non-hydrogen) atoms. The summed E-state index contributed by atoms with van der Waals surface area (Å²) < 4.78 is 0. The number of aromatic amines is 1. The number of nitrogens with one attached hydrogen (secondary N) is 1. The number of likely N-dealkylation sites (tertiary alicyclic amines) is 1. The molecule has 2 aliphatic rings. The van der Waals surface area contributed by atoms with Crippen molar-refractivity contribution in [3.8, 4) is 11.3 Å². The van der Waals surface area contributed by atoms with Gasteiger partial charge in [-0.3, -0.25) is 4.79 Å². The Morgan fingerprint density at radius 2 is 1.84 bits per heavy atom. The van der Waals surface area contributed by atoms with E-state index in [0.717, 1.165) is 36.9 Å². The maximum absolute atomic E-state index is 13.1. The van der Waals surface area contributed by atoms with E-state index in [1.165, 1.54) is 0 Å². The molecule has 1 saturated carbocycles. The van der Waals surface area contributed by atoms with E-state index in [2.05, 4.69) is 4.98 Å². The molecule has 1 aliphatic heterocycles. The highest BCUT2D eigenvalue weighted by Crippen LogP contribution is 2.48. The number of halogens is 1. The van der Waals surface area contributed by atoms with Crippen LogP contribution in [0.2, 0.25) is 5.02 Å². The number of benzene rings is 1. The Kier molecular flexibility index (Phi) is 3.84. The third kappa shape index (κ3) is 2.63. The highest BCUT2D eigenvalue weighted by atomic mass is 35.5. The SMILES string of the molecule is O=C(O)C1CCC2(CCC2)N1C(=O)c1ccc(-c2ccc(Cl)cc2)[nH]1. The van der Waals surface area contributed by atoms with Gasteiger partial charge >= 0.3 is 5.97 Å². The number of aromatic nitrogens is 1. The molecule has 2 N–H and O–H groups in total. The number of aliphatic carboxylic acids is 1. The second kappa shape index (κ2) is 5.92.